The van der Waals surface area contributed by atoms with E-state index in [1.54, 1.807) is 0 Å². The van der Waals surface area contributed by atoms with Crippen molar-refractivity contribution in [3.63, 3.8) is 0 Å². The van der Waals surface area contributed by atoms with Gasteiger partial charge in [-0.25, -0.2) is 4.98 Å². The lowest BCUT2D eigenvalue weighted by atomic mass is 10.1. The van der Waals surface area contributed by atoms with Gasteiger partial charge in [-0.1, -0.05) is 31.5 Å². The molecule has 26 heavy (non-hydrogen) atoms. The molecule has 0 fully saturated rings. The Hall–Kier alpha value is -2.14. The van der Waals surface area contributed by atoms with Crippen LogP contribution in [0.4, 0.5) is 17.5 Å². The highest BCUT2D eigenvalue weighted by Gasteiger charge is 2.08. The molecule has 1 aromatic heterocycles. The first-order valence-electron chi connectivity index (χ1n) is 9.68. The minimum Gasteiger partial charge on any atom is -0.367 e. The first-order chi connectivity index (χ1) is 12.5. The summed E-state index contributed by atoms with van der Waals surface area (Å²) in [5, 5.41) is 6.81. The predicted octanol–water partition coefficient (Wildman–Crippen LogP) is 4.76. The highest BCUT2D eigenvalue weighted by atomic mass is 15.1. The van der Waals surface area contributed by atoms with Crippen LogP contribution in [-0.2, 0) is 0 Å². The van der Waals surface area contributed by atoms with Crippen molar-refractivity contribution in [2.75, 3.05) is 30.3 Å². The van der Waals surface area contributed by atoms with E-state index in [-0.39, 0.29) is 0 Å². The SMILES string of the molecule is CCN(CC)CCCC(C)Nc1cc(C)nc(Nc2ccc(C)cc2)n1. The first-order valence-corrected chi connectivity index (χ1v) is 9.68. The Balaban J connectivity index is 1.92. The van der Waals surface area contributed by atoms with Gasteiger partial charge in [-0.2, -0.15) is 4.98 Å². The number of aryl methyl sites for hydroxylation is 2. The zero-order valence-electron chi connectivity index (χ0n) is 16.8. The third-order valence-electron chi connectivity index (χ3n) is 4.56. The van der Waals surface area contributed by atoms with Gasteiger partial charge in [-0.15, -0.1) is 0 Å². The van der Waals surface area contributed by atoms with Gasteiger partial charge in [0.15, 0.2) is 0 Å². The summed E-state index contributed by atoms with van der Waals surface area (Å²) >= 11 is 0. The highest BCUT2D eigenvalue weighted by Crippen LogP contribution is 2.17. The average Bonchev–Trinajstić information content (AvgIpc) is 2.60. The Morgan fingerprint density at radius 3 is 2.38 bits per heavy atom. The Morgan fingerprint density at radius 1 is 1.04 bits per heavy atom. The van der Waals surface area contributed by atoms with E-state index in [1.807, 2.05) is 25.1 Å². The lowest BCUT2D eigenvalue weighted by molar-refractivity contribution is 0.295. The first kappa shape index (κ1) is 20.2. The second-order valence-corrected chi connectivity index (χ2v) is 6.92. The second-order valence-electron chi connectivity index (χ2n) is 6.92. The fraction of sp³-hybridized carbons (Fsp3) is 0.524. The van der Waals surface area contributed by atoms with Gasteiger partial charge in [-0.3, -0.25) is 0 Å². The lowest BCUT2D eigenvalue weighted by Crippen LogP contribution is -2.25. The normalized spacial score (nSPS) is 12.2. The number of rotatable bonds is 10. The summed E-state index contributed by atoms with van der Waals surface area (Å²) in [6, 6.07) is 10.6. The molecule has 1 aromatic carbocycles. The van der Waals surface area contributed by atoms with Crippen molar-refractivity contribution >= 4 is 17.5 Å². The van der Waals surface area contributed by atoms with E-state index in [0.717, 1.165) is 43.3 Å². The average molecular weight is 356 g/mol. The predicted molar refractivity (Wildman–Crippen MR) is 111 cm³/mol. The molecule has 0 saturated heterocycles. The lowest BCUT2D eigenvalue weighted by Gasteiger charge is -2.20. The van der Waals surface area contributed by atoms with Crippen molar-refractivity contribution in [1.82, 2.24) is 14.9 Å². The number of hydrogen-bond donors (Lipinski definition) is 2. The third kappa shape index (κ3) is 6.64. The summed E-state index contributed by atoms with van der Waals surface area (Å²) in [6.45, 7) is 14.1. The van der Waals surface area contributed by atoms with Gasteiger partial charge >= 0.3 is 0 Å². The van der Waals surface area contributed by atoms with Crippen LogP contribution in [0, 0.1) is 13.8 Å². The molecule has 0 aliphatic rings. The minimum atomic E-state index is 0.382. The summed E-state index contributed by atoms with van der Waals surface area (Å²) in [6.07, 6.45) is 2.31. The Morgan fingerprint density at radius 2 is 1.73 bits per heavy atom. The standard InChI is InChI=1S/C21H33N5/c1-6-26(7-2)14-8-9-17(4)22-20-15-18(5)23-21(25-20)24-19-12-10-16(3)11-13-19/h10-13,15,17H,6-9,14H2,1-5H3,(H2,22,23,24,25). The van der Waals surface area contributed by atoms with Crippen LogP contribution in [0.25, 0.3) is 0 Å². The van der Waals surface area contributed by atoms with Crippen molar-refractivity contribution in [2.45, 2.75) is 53.5 Å². The molecule has 0 amide bonds. The Labute approximate surface area is 158 Å². The summed E-state index contributed by atoms with van der Waals surface area (Å²) in [5.74, 6) is 1.51. The van der Waals surface area contributed by atoms with Crippen molar-refractivity contribution in [3.8, 4) is 0 Å². The number of anilines is 3. The molecule has 0 aliphatic heterocycles. The third-order valence-corrected chi connectivity index (χ3v) is 4.56. The van der Waals surface area contributed by atoms with E-state index in [9.17, 15) is 0 Å². The fourth-order valence-corrected chi connectivity index (χ4v) is 2.95. The number of aromatic nitrogens is 2. The summed E-state index contributed by atoms with van der Waals surface area (Å²) < 4.78 is 0. The minimum absolute atomic E-state index is 0.382. The molecule has 1 unspecified atom stereocenters. The molecule has 2 N–H and O–H groups in total. The van der Waals surface area contributed by atoms with Crippen LogP contribution in [0.2, 0.25) is 0 Å². The molecule has 5 heteroatoms. The van der Waals surface area contributed by atoms with E-state index < -0.39 is 0 Å². The maximum absolute atomic E-state index is 4.62. The van der Waals surface area contributed by atoms with E-state index >= 15 is 0 Å². The van der Waals surface area contributed by atoms with Crippen molar-refractivity contribution in [2.24, 2.45) is 0 Å². The van der Waals surface area contributed by atoms with Gasteiger partial charge in [-0.05, 0) is 65.4 Å². The van der Waals surface area contributed by atoms with Crippen molar-refractivity contribution in [3.05, 3.63) is 41.6 Å². The molecule has 1 atom stereocenters. The van der Waals surface area contributed by atoms with E-state index in [4.69, 9.17) is 0 Å². The molecule has 5 nitrogen and oxygen atoms in total. The molecule has 0 spiro atoms. The van der Waals surface area contributed by atoms with Crippen LogP contribution in [0.3, 0.4) is 0 Å². The summed E-state index contributed by atoms with van der Waals surface area (Å²) in [5.41, 5.74) is 3.19. The molecule has 2 aromatic rings. The van der Waals surface area contributed by atoms with E-state index in [1.165, 1.54) is 12.0 Å². The zero-order chi connectivity index (χ0) is 18.9. The second kappa shape index (κ2) is 10.1. The molecule has 0 saturated carbocycles. The maximum Gasteiger partial charge on any atom is 0.229 e. The summed E-state index contributed by atoms with van der Waals surface area (Å²) in [4.78, 5) is 11.6. The van der Waals surface area contributed by atoms with Gasteiger partial charge in [0.1, 0.15) is 5.82 Å². The Bertz CT molecular complexity index is 665. The molecular formula is C21H33N5. The van der Waals surface area contributed by atoms with Gasteiger partial charge in [0.05, 0.1) is 0 Å². The highest BCUT2D eigenvalue weighted by molar-refractivity contribution is 5.55. The van der Waals surface area contributed by atoms with Crippen LogP contribution in [0.5, 0.6) is 0 Å². The van der Waals surface area contributed by atoms with E-state index in [0.29, 0.717) is 12.0 Å². The number of benzene rings is 1. The molecule has 0 bridgehead atoms. The van der Waals surface area contributed by atoms with Crippen LogP contribution >= 0.6 is 0 Å². The largest absolute Gasteiger partial charge is 0.367 e. The van der Waals surface area contributed by atoms with Crippen LogP contribution in [0.15, 0.2) is 30.3 Å². The van der Waals surface area contributed by atoms with E-state index in [2.05, 4.69) is 65.3 Å². The molecule has 2 rings (SSSR count). The van der Waals surface area contributed by atoms with Gasteiger partial charge < -0.3 is 15.5 Å². The number of nitrogens with one attached hydrogen (secondary N) is 2. The van der Waals surface area contributed by atoms with Gasteiger partial charge in [0, 0.05) is 23.5 Å². The van der Waals surface area contributed by atoms with Crippen LogP contribution in [0.1, 0.15) is 44.9 Å². The Kier molecular flexibility index (Phi) is 7.85. The quantitative estimate of drug-likeness (QED) is 0.643. The van der Waals surface area contributed by atoms with Crippen LogP contribution in [-0.4, -0.2) is 40.5 Å². The number of hydrogen-bond acceptors (Lipinski definition) is 5. The van der Waals surface area contributed by atoms with Gasteiger partial charge in [0.25, 0.3) is 0 Å². The molecule has 1 heterocycles. The monoisotopic (exact) mass is 355 g/mol. The fourth-order valence-electron chi connectivity index (χ4n) is 2.95. The van der Waals surface area contributed by atoms with Crippen LogP contribution < -0.4 is 10.6 Å². The number of nitrogens with zero attached hydrogens (tertiary/aromatic N) is 3. The van der Waals surface area contributed by atoms with Crippen molar-refractivity contribution in [1.29, 1.82) is 0 Å². The smallest absolute Gasteiger partial charge is 0.229 e. The molecule has 0 aliphatic carbocycles. The molecule has 0 radical (unpaired) electrons. The molecular weight excluding hydrogens is 322 g/mol. The summed E-state index contributed by atoms with van der Waals surface area (Å²) in [7, 11) is 0. The zero-order valence-corrected chi connectivity index (χ0v) is 16.8. The topological polar surface area (TPSA) is 53.1 Å². The maximum atomic E-state index is 4.62. The van der Waals surface area contributed by atoms with Crippen molar-refractivity contribution < 1.29 is 0 Å². The van der Waals surface area contributed by atoms with Gasteiger partial charge in [0.2, 0.25) is 5.95 Å². The molecule has 142 valence electrons.